The molecule has 0 aliphatic heterocycles. The number of methoxy groups -OCH3 is 1. The molecule has 8 nitrogen and oxygen atoms in total. The van der Waals surface area contributed by atoms with Crippen LogP contribution in [-0.2, 0) is 16.1 Å². The van der Waals surface area contributed by atoms with Gasteiger partial charge in [0.1, 0.15) is 5.75 Å². The average molecular weight is 366 g/mol. The Morgan fingerprint density at radius 1 is 1.00 bits per heavy atom. The number of amides is 2. The van der Waals surface area contributed by atoms with E-state index in [4.69, 9.17) is 9.15 Å². The van der Waals surface area contributed by atoms with Crippen LogP contribution in [0.1, 0.15) is 11.5 Å². The van der Waals surface area contributed by atoms with Gasteiger partial charge in [0, 0.05) is 24.7 Å². The third-order valence-electron chi connectivity index (χ3n) is 3.73. The van der Waals surface area contributed by atoms with Crippen LogP contribution in [0.2, 0.25) is 0 Å². The minimum absolute atomic E-state index is 0.242. The molecule has 1 heterocycles. The first-order chi connectivity index (χ1) is 13.0. The van der Waals surface area contributed by atoms with Gasteiger partial charge in [0.2, 0.25) is 11.8 Å². The summed E-state index contributed by atoms with van der Waals surface area (Å²) < 4.78 is 10.4. The van der Waals surface area contributed by atoms with E-state index in [-0.39, 0.29) is 6.54 Å². The molecule has 0 aliphatic rings. The van der Waals surface area contributed by atoms with E-state index in [2.05, 4.69) is 20.8 Å². The fraction of sp³-hybridized carbons (Fsp3) is 0.158. The van der Waals surface area contributed by atoms with Crippen molar-refractivity contribution in [3.63, 3.8) is 0 Å². The molecule has 0 spiro atoms. The molecule has 0 saturated heterocycles. The van der Waals surface area contributed by atoms with Gasteiger partial charge in [-0.25, -0.2) is 0 Å². The molecule has 0 fully saturated rings. The van der Waals surface area contributed by atoms with Crippen LogP contribution in [0, 0.1) is 6.92 Å². The summed E-state index contributed by atoms with van der Waals surface area (Å²) in [6.45, 7) is 1.95. The Morgan fingerprint density at radius 2 is 1.70 bits per heavy atom. The number of nitrogens with one attached hydrogen (secondary N) is 2. The third kappa shape index (κ3) is 4.69. The molecule has 2 aromatic carbocycles. The van der Waals surface area contributed by atoms with E-state index >= 15 is 0 Å². The molecule has 2 amide bonds. The summed E-state index contributed by atoms with van der Waals surface area (Å²) in [5.41, 5.74) is 2.06. The predicted octanol–water partition coefficient (Wildman–Crippen LogP) is 2.31. The number of hydrogen-bond donors (Lipinski definition) is 2. The number of carbonyl (C=O) groups is 2. The van der Waals surface area contributed by atoms with Gasteiger partial charge in [0.25, 0.3) is 0 Å². The number of carbonyl (C=O) groups excluding carboxylic acids is 2. The number of aryl methyl sites for hydroxylation is 1. The highest BCUT2D eigenvalue weighted by Gasteiger charge is 2.14. The van der Waals surface area contributed by atoms with Gasteiger partial charge in [0.05, 0.1) is 7.11 Å². The van der Waals surface area contributed by atoms with Crippen LogP contribution >= 0.6 is 0 Å². The van der Waals surface area contributed by atoms with Gasteiger partial charge in [-0.15, -0.1) is 10.2 Å². The van der Waals surface area contributed by atoms with E-state index in [0.717, 1.165) is 16.9 Å². The van der Waals surface area contributed by atoms with E-state index in [1.54, 1.807) is 50.4 Å². The first-order valence-corrected chi connectivity index (χ1v) is 8.18. The number of rotatable bonds is 5. The van der Waals surface area contributed by atoms with Crippen LogP contribution in [-0.4, -0.2) is 29.1 Å². The van der Waals surface area contributed by atoms with Crippen LogP contribution in [0.3, 0.4) is 0 Å². The maximum atomic E-state index is 12.0. The molecule has 0 aliphatic carbocycles. The predicted molar refractivity (Wildman–Crippen MR) is 97.9 cm³/mol. The van der Waals surface area contributed by atoms with Gasteiger partial charge < -0.3 is 19.8 Å². The van der Waals surface area contributed by atoms with Crippen molar-refractivity contribution < 1.29 is 18.7 Å². The molecule has 0 unspecified atom stereocenters. The van der Waals surface area contributed by atoms with Crippen molar-refractivity contribution in [3.8, 4) is 17.2 Å². The smallest absolute Gasteiger partial charge is 0.313 e. The van der Waals surface area contributed by atoms with Gasteiger partial charge in [-0.2, -0.15) is 0 Å². The molecule has 0 bridgehead atoms. The standard InChI is InChI=1S/C19H18N4O4/c1-12-22-23-19(27-12)14-5-7-15(8-6-14)21-18(25)17(24)20-11-13-3-9-16(26-2)10-4-13/h3-10H,11H2,1-2H3,(H,20,24)(H,21,25). The normalized spacial score (nSPS) is 10.3. The van der Waals surface area contributed by atoms with Crippen LogP contribution in [0.25, 0.3) is 11.5 Å². The number of aromatic nitrogens is 2. The molecule has 8 heteroatoms. The molecule has 1 aromatic heterocycles. The molecule has 0 atom stereocenters. The highest BCUT2D eigenvalue weighted by molar-refractivity contribution is 6.39. The number of nitrogens with zero attached hydrogens (tertiary/aromatic N) is 2. The monoisotopic (exact) mass is 366 g/mol. The van der Waals surface area contributed by atoms with Gasteiger partial charge in [-0.3, -0.25) is 9.59 Å². The lowest BCUT2D eigenvalue weighted by atomic mass is 10.2. The zero-order valence-electron chi connectivity index (χ0n) is 14.9. The van der Waals surface area contributed by atoms with Gasteiger partial charge in [0.15, 0.2) is 0 Å². The van der Waals surface area contributed by atoms with Crippen molar-refractivity contribution in [1.82, 2.24) is 15.5 Å². The first kappa shape index (κ1) is 18.1. The lowest BCUT2D eigenvalue weighted by Crippen LogP contribution is -2.34. The topological polar surface area (TPSA) is 106 Å². The van der Waals surface area contributed by atoms with Crippen LogP contribution < -0.4 is 15.4 Å². The van der Waals surface area contributed by atoms with Gasteiger partial charge in [-0.1, -0.05) is 12.1 Å². The van der Waals surface area contributed by atoms with Crippen molar-refractivity contribution in [2.24, 2.45) is 0 Å². The van der Waals surface area contributed by atoms with Crippen molar-refractivity contribution in [2.75, 3.05) is 12.4 Å². The Kier molecular flexibility index (Phi) is 5.46. The summed E-state index contributed by atoms with van der Waals surface area (Å²) in [5, 5.41) is 12.8. The van der Waals surface area contributed by atoms with E-state index in [1.165, 1.54) is 0 Å². The summed E-state index contributed by atoms with van der Waals surface area (Å²) in [7, 11) is 1.58. The summed E-state index contributed by atoms with van der Waals surface area (Å²) in [6, 6.07) is 14.0. The van der Waals surface area contributed by atoms with E-state index in [1.807, 2.05) is 12.1 Å². The number of benzene rings is 2. The van der Waals surface area contributed by atoms with Crippen molar-refractivity contribution in [2.45, 2.75) is 13.5 Å². The molecular weight excluding hydrogens is 348 g/mol. The second-order valence-corrected chi connectivity index (χ2v) is 5.69. The first-order valence-electron chi connectivity index (χ1n) is 8.18. The highest BCUT2D eigenvalue weighted by Crippen LogP contribution is 2.20. The summed E-state index contributed by atoms with van der Waals surface area (Å²) in [4.78, 5) is 24.0. The van der Waals surface area contributed by atoms with E-state index in [9.17, 15) is 9.59 Å². The lowest BCUT2D eigenvalue weighted by molar-refractivity contribution is -0.136. The molecule has 3 aromatic rings. The largest absolute Gasteiger partial charge is 0.497 e. The zero-order chi connectivity index (χ0) is 19.2. The van der Waals surface area contributed by atoms with Gasteiger partial charge in [-0.05, 0) is 42.0 Å². The Morgan fingerprint density at radius 3 is 2.30 bits per heavy atom. The van der Waals surface area contributed by atoms with Crippen molar-refractivity contribution in [1.29, 1.82) is 0 Å². The highest BCUT2D eigenvalue weighted by atomic mass is 16.5. The minimum Gasteiger partial charge on any atom is -0.497 e. The van der Waals surface area contributed by atoms with E-state index in [0.29, 0.717) is 17.5 Å². The minimum atomic E-state index is -0.745. The van der Waals surface area contributed by atoms with Crippen molar-refractivity contribution >= 4 is 17.5 Å². The zero-order valence-corrected chi connectivity index (χ0v) is 14.9. The Labute approximate surface area is 155 Å². The second kappa shape index (κ2) is 8.13. The molecule has 0 radical (unpaired) electrons. The van der Waals surface area contributed by atoms with E-state index < -0.39 is 11.8 Å². The molecule has 0 saturated carbocycles. The molecule has 138 valence electrons. The molecule has 27 heavy (non-hydrogen) atoms. The number of hydrogen-bond acceptors (Lipinski definition) is 6. The maximum absolute atomic E-state index is 12.0. The SMILES string of the molecule is COc1ccc(CNC(=O)C(=O)Nc2ccc(-c3nnc(C)o3)cc2)cc1. The Bertz CT molecular complexity index is 933. The van der Waals surface area contributed by atoms with Crippen LogP contribution in [0.5, 0.6) is 5.75 Å². The fourth-order valence-electron chi connectivity index (χ4n) is 2.30. The molecular formula is C19H18N4O4. The average Bonchev–Trinajstić information content (AvgIpc) is 3.13. The Balaban J connectivity index is 1.53. The van der Waals surface area contributed by atoms with Crippen LogP contribution in [0.15, 0.2) is 52.9 Å². The number of anilines is 1. The molecule has 2 N–H and O–H groups in total. The van der Waals surface area contributed by atoms with Crippen LogP contribution in [0.4, 0.5) is 5.69 Å². The lowest BCUT2D eigenvalue weighted by Gasteiger charge is -2.07. The van der Waals surface area contributed by atoms with Gasteiger partial charge >= 0.3 is 11.8 Å². The Hall–Kier alpha value is -3.68. The quantitative estimate of drug-likeness (QED) is 0.671. The maximum Gasteiger partial charge on any atom is 0.313 e. The summed E-state index contributed by atoms with van der Waals surface area (Å²) >= 11 is 0. The summed E-state index contributed by atoms with van der Waals surface area (Å²) in [6.07, 6.45) is 0. The third-order valence-corrected chi connectivity index (χ3v) is 3.73. The number of ether oxygens (including phenoxy) is 1. The molecule has 3 rings (SSSR count). The second-order valence-electron chi connectivity index (χ2n) is 5.69. The fourth-order valence-corrected chi connectivity index (χ4v) is 2.30. The van der Waals surface area contributed by atoms with Crippen molar-refractivity contribution in [3.05, 3.63) is 60.0 Å². The summed E-state index contributed by atoms with van der Waals surface area (Å²) in [5.74, 6) is 0.118.